The van der Waals surface area contributed by atoms with Gasteiger partial charge in [-0.05, 0) is 50.6 Å². The van der Waals surface area contributed by atoms with Crippen molar-refractivity contribution in [3.05, 3.63) is 24.3 Å². The first-order chi connectivity index (χ1) is 9.04. The Hall–Kier alpha value is -1.59. The number of hydrogen-bond donors (Lipinski definition) is 2. The molecule has 5 heteroatoms. The van der Waals surface area contributed by atoms with Gasteiger partial charge in [-0.2, -0.15) is 0 Å². The molecule has 104 valence electrons. The number of rotatable bonds is 4. The van der Waals surface area contributed by atoms with Crippen molar-refractivity contribution in [2.24, 2.45) is 5.73 Å². The zero-order valence-corrected chi connectivity index (χ0v) is 11.1. The Bertz CT molecular complexity index is 447. The summed E-state index contributed by atoms with van der Waals surface area (Å²) in [5, 5.41) is 9.30. The predicted molar refractivity (Wildman–Crippen MR) is 73.1 cm³/mol. The van der Waals surface area contributed by atoms with Crippen LogP contribution in [0.1, 0.15) is 19.8 Å². The van der Waals surface area contributed by atoms with Crippen molar-refractivity contribution in [2.45, 2.75) is 25.4 Å². The number of amides is 1. The van der Waals surface area contributed by atoms with Crippen LogP contribution in [0, 0.1) is 0 Å². The molecule has 19 heavy (non-hydrogen) atoms. The van der Waals surface area contributed by atoms with Gasteiger partial charge in [0.2, 0.25) is 0 Å². The van der Waals surface area contributed by atoms with Crippen LogP contribution in [0.25, 0.3) is 0 Å². The lowest BCUT2D eigenvalue weighted by Gasteiger charge is -2.40. The van der Waals surface area contributed by atoms with Gasteiger partial charge < -0.3 is 20.5 Å². The van der Waals surface area contributed by atoms with E-state index < -0.39 is 0 Å². The molecule has 0 saturated carbocycles. The minimum atomic E-state index is -0.356. The Kier molecular flexibility index (Phi) is 4.07. The summed E-state index contributed by atoms with van der Waals surface area (Å²) < 4.78 is 5.66. The van der Waals surface area contributed by atoms with Gasteiger partial charge in [-0.15, -0.1) is 0 Å². The van der Waals surface area contributed by atoms with Crippen LogP contribution in [0.5, 0.6) is 5.75 Å². The number of nitrogens with two attached hydrogens (primary N) is 1. The first-order valence-electron chi connectivity index (χ1n) is 6.47. The fourth-order valence-electron chi connectivity index (χ4n) is 2.28. The van der Waals surface area contributed by atoms with Crippen LogP contribution < -0.4 is 10.6 Å². The van der Waals surface area contributed by atoms with Gasteiger partial charge in [0, 0.05) is 5.69 Å². The van der Waals surface area contributed by atoms with Crippen molar-refractivity contribution in [1.29, 1.82) is 0 Å². The van der Waals surface area contributed by atoms with Gasteiger partial charge in [0.1, 0.15) is 12.4 Å². The molecule has 0 aliphatic carbocycles. The van der Waals surface area contributed by atoms with Crippen LogP contribution in [0.3, 0.4) is 0 Å². The van der Waals surface area contributed by atoms with E-state index in [0.29, 0.717) is 13.1 Å². The smallest absolute Gasteiger partial charge is 0.253 e. The van der Waals surface area contributed by atoms with E-state index >= 15 is 0 Å². The van der Waals surface area contributed by atoms with Gasteiger partial charge in [0.05, 0.1) is 12.1 Å². The lowest BCUT2D eigenvalue weighted by atomic mass is 9.97. The zero-order valence-electron chi connectivity index (χ0n) is 11.1. The van der Waals surface area contributed by atoms with Crippen LogP contribution in [-0.2, 0) is 9.53 Å². The fraction of sp³-hybridized carbons (Fsp3) is 0.500. The molecular formula is C14H20N2O3. The van der Waals surface area contributed by atoms with E-state index in [2.05, 4.69) is 0 Å². The summed E-state index contributed by atoms with van der Waals surface area (Å²) in [5.74, 6) is 0.131. The van der Waals surface area contributed by atoms with E-state index in [1.807, 2.05) is 6.92 Å². The highest BCUT2D eigenvalue weighted by atomic mass is 16.5. The third kappa shape index (κ3) is 3.24. The maximum absolute atomic E-state index is 12.0. The molecule has 0 radical (unpaired) electrons. The van der Waals surface area contributed by atoms with E-state index in [4.69, 9.17) is 10.5 Å². The molecule has 3 N–H and O–H groups in total. The van der Waals surface area contributed by atoms with Crippen LogP contribution >= 0.6 is 0 Å². The normalized spacial score (nSPS) is 23.7. The summed E-state index contributed by atoms with van der Waals surface area (Å²) in [5.41, 5.74) is 5.96. The maximum atomic E-state index is 12.0. The lowest BCUT2D eigenvalue weighted by Crippen LogP contribution is -2.53. The molecule has 0 aromatic heterocycles. The number of aromatic hydroxyl groups is 1. The molecule has 1 aliphatic heterocycles. The summed E-state index contributed by atoms with van der Waals surface area (Å²) in [7, 11) is 0. The first-order valence-corrected chi connectivity index (χ1v) is 6.47. The molecular weight excluding hydrogens is 244 g/mol. The Labute approximate surface area is 113 Å². The highest BCUT2D eigenvalue weighted by molar-refractivity contribution is 5.95. The largest absolute Gasteiger partial charge is 0.508 e. The Balaban J connectivity index is 2.14. The number of phenols is 1. The molecule has 1 aromatic rings. The van der Waals surface area contributed by atoms with E-state index in [9.17, 15) is 9.90 Å². The SMILES string of the molecule is CC1(CCCN)CN(c2ccc(O)cc2)C(=O)CO1. The van der Waals surface area contributed by atoms with Crippen molar-refractivity contribution in [3.8, 4) is 5.75 Å². The van der Waals surface area contributed by atoms with E-state index in [1.165, 1.54) is 0 Å². The third-order valence-corrected chi connectivity index (χ3v) is 3.41. The van der Waals surface area contributed by atoms with Gasteiger partial charge in [-0.25, -0.2) is 0 Å². The summed E-state index contributed by atoms with van der Waals surface area (Å²) in [4.78, 5) is 13.7. The summed E-state index contributed by atoms with van der Waals surface area (Å²) in [6.07, 6.45) is 1.69. The Morgan fingerprint density at radius 3 is 2.74 bits per heavy atom. The van der Waals surface area contributed by atoms with Crippen molar-refractivity contribution in [1.82, 2.24) is 0 Å². The van der Waals surface area contributed by atoms with Crippen molar-refractivity contribution in [2.75, 3.05) is 24.6 Å². The molecule has 1 aromatic carbocycles. The quantitative estimate of drug-likeness (QED) is 0.858. The Morgan fingerprint density at radius 2 is 2.11 bits per heavy atom. The second kappa shape index (κ2) is 5.59. The highest BCUT2D eigenvalue weighted by Crippen LogP contribution is 2.28. The molecule has 1 heterocycles. The van der Waals surface area contributed by atoms with E-state index in [0.717, 1.165) is 18.5 Å². The third-order valence-electron chi connectivity index (χ3n) is 3.41. The van der Waals surface area contributed by atoms with E-state index in [-0.39, 0.29) is 23.9 Å². The zero-order chi connectivity index (χ0) is 13.9. The minimum absolute atomic E-state index is 0.0593. The highest BCUT2D eigenvalue weighted by Gasteiger charge is 2.36. The van der Waals surface area contributed by atoms with Crippen LogP contribution in [0.2, 0.25) is 0 Å². The number of anilines is 1. The topological polar surface area (TPSA) is 75.8 Å². The van der Waals surface area contributed by atoms with Crippen molar-refractivity contribution in [3.63, 3.8) is 0 Å². The average Bonchev–Trinajstić information content (AvgIpc) is 2.41. The Morgan fingerprint density at radius 1 is 1.42 bits per heavy atom. The van der Waals surface area contributed by atoms with Gasteiger partial charge in [0.15, 0.2) is 0 Å². The predicted octanol–water partition coefficient (Wildman–Crippen LogP) is 1.25. The molecule has 5 nitrogen and oxygen atoms in total. The molecule has 2 rings (SSSR count). The second-order valence-corrected chi connectivity index (χ2v) is 5.13. The average molecular weight is 264 g/mol. The monoisotopic (exact) mass is 264 g/mol. The minimum Gasteiger partial charge on any atom is -0.508 e. The number of hydrogen-bond acceptors (Lipinski definition) is 4. The summed E-state index contributed by atoms with van der Waals surface area (Å²) in [6.45, 7) is 3.22. The number of nitrogens with zero attached hydrogens (tertiary/aromatic N) is 1. The molecule has 1 amide bonds. The van der Waals surface area contributed by atoms with Crippen LogP contribution in [-0.4, -0.2) is 36.3 Å². The first kappa shape index (κ1) is 13.8. The molecule has 1 aliphatic rings. The van der Waals surface area contributed by atoms with Gasteiger partial charge >= 0.3 is 0 Å². The number of carbonyl (C=O) groups is 1. The summed E-state index contributed by atoms with van der Waals surface area (Å²) >= 11 is 0. The lowest BCUT2D eigenvalue weighted by molar-refractivity contribution is -0.137. The van der Waals surface area contributed by atoms with Crippen molar-refractivity contribution >= 4 is 11.6 Å². The number of ether oxygens (including phenoxy) is 1. The van der Waals surface area contributed by atoms with Gasteiger partial charge in [0.25, 0.3) is 5.91 Å². The van der Waals surface area contributed by atoms with Crippen molar-refractivity contribution < 1.29 is 14.6 Å². The molecule has 0 spiro atoms. The molecule has 1 atom stereocenters. The standard InChI is InChI=1S/C14H20N2O3/c1-14(7-2-8-15)10-16(13(18)9-19-14)11-3-5-12(17)6-4-11/h3-6,17H,2,7-10,15H2,1H3. The van der Waals surface area contributed by atoms with Crippen LogP contribution in [0.15, 0.2) is 24.3 Å². The maximum Gasteiger partial charge on any atom is 0.253 e. The molecule has 1 unspecified atom stereocenters. The molecule has 1 fully saturated rings. The number of phenolic OH excluding ortho intramolecular Hbond substituents is 1. The molecule has 0 bridgehead atoms. The fourth-order valence-corrected chi connectivity index (χ4v) is 2.28. The van der Waals surface area contributed by atoms with Crippen LogP contribution in [0.4, 0.5) is 5.69 Å². The van der Waals surface area contributed by atoms with E-state index in [1.54, 1.807) is 29.2 Å². The number of benzene rings is 1. The number of morpholine rings is 1. The molecule has 1 saturated heterocycles. The summed E-state index contributed by atoms with van der Waals surface area (Å²) in [6, 6.07) is 6.63. The number of carbonyl (C=O) groups excluding carboxylic acids is 1. The van der Waals surface area contributed by atoms with Gasteiger partial charge in [-0.1, -0.05) is 0 Å². The second-order valence-electron chi connectivity index (χ2n) is 5.13. The van der Waals surface area contributed by atoms with Gasteiger partial charge in [-0.3, -0.25) is 4.79 Å².